The van der Waals surface area contributed by atoms with E-state index in [1.807, 2.05) is 26.4 Å². The van der Waals surface area contributed by atoms with Crippen molar-refractivity contribution in [3.05, 3.63) is 42.6 Å². The summed E-state index contributed by atoms with van der Waals surface area (Å²) >= 11 is 0. The summed E-state index contributed by atoms with van der Waals surface area (Å²) in [4.78, 5) is 23.2. The Kier molecular flexibility index (Phi) is 4.83. The number of imidazole rings is 1. The Balaban J connectivity index is 1.85. The molecule has 0 aromatic carbocycles. The smallest absolute Gasteiger partial charge is 0.342 e. The summed E-state index contributed by atoms with van der Waals surface area (Å²) in [5.41, 5.74) is 0.533. The summed E-state index contributed by atoms with van der Waals surface area (Å²) < 4.78 is 7.51. The van der Waals surface area contributed by atoms with Gasteiger partial charge in [-0.2, -0.15) is 0 Å². The van der Waals surface area contributed by atoms with Crippen LogP contribution < -0.4 is 4.90 Å². The Bertz CT molecular complexity index is 684. The third-order valence-electron chi connectivity index (χ3n) is 4.48. The molecule has 3 rings (SSSR count). The molecule has 1 aliphatic rings. The summed E-state index contributed by atoms with van der Waals surface area (Å²) in [7, 11) is 0. The number of esters is 1. The van der Waals surface area contributed by atoms with E-state index < -0.39 is 0 Å². The van der Waals surface area contributed by atoms with Crippen molar-refractivity contribution in [2.45, 2.75) is 39.3 Å². The number of nitrogens with zero attached hydrogens (tertiary/aromatic N) is 4. The fourth-order valence-electron chi connectivity index (χ4n) is 3.18. The van der Waals surface area contributed by atoms with Crippen LogP contribution in [0.25, 0.3) is 0 Å². The Hall–Kier alpha value is -2.37. The molecule has 0 amide bonds. The van der Waals surface area contributed by atoms with E-state index in [-0.39, 0.29) is 12.1 Å². The van der Waals surface area contributed by atoms with Crippen molar-refractivity contribution in [1.29, 1.82) is 0 Å². The monoisotopic (exact) mass is 328 g/mol. The van der Waals surface area contributed by atoms with Crippen LogP contribution in [0.1, 0.15) is 43.6 Å². The average molecular weight is 328 g/mol. The number of piperidine rings is 1. The van der Waals surface area contributed by atoms with Crippen molar-refractivity contribution in [3.8, 4) is 0 Å². The van der Waals surface area contributed by atoms with Gasteiger partial charge in [0, 0.05) is 31.7 Å². The van der Waals surface area contributed by atoms with Crippen molar-refractivity contribution < 1.29 is 9.53 Å². The zero-order valence-electron chi connectivity index (χ0n) is 14.4. The number of rotatable bonds is 4. The van der Waals surface area contributed by atoms with Crippen LogP contribution in [0.2, 0.25) is 0 Å². The highest BCUT2D eigenvalue weighted by molar-refractivity contribution is 5.94. The minimum atomic E-state index is -0.314. The third-order valence-corrected chi connectivity index (χ3v) is 4.48. The third kappa shape index (κ3) is 3.42. The molecular formula is C18H24N4O2. The van der Waals surface area contributed by atoms with E-state index in [4.69, 9.17) is 4.74 Å². The number of hydrogen-bond acceptors (Lipinski definition) is 5. The van der Waals surface area contributed by atoms with Gasteiger partial charge in [-0.05, 0) is 38.3 Å². The lowest BCUT2D eigenvalue weighted by Crippen LogP contribution is -2.41. The summed E-state index contributed by atoms with van der Waals surface area (Å²) in [5.74, 6) is 0.941. The van der Waals surface area contributed by atoms with Crippen molar-refractivity contribution in [1.82, 2.24) is 14.5 Å². The van der Waals surface area contributed by atoms with E-state index in [1.165, 1.54) is 0 Å². The molecule has 0 aliphatic carbocycles. The van der Waals surface area contributed by atoms with Gasteiger partial charge in [-0.3, -0.25) is 0 Å². The van der Waals surface area contributed by atoms with Crippen LogP contribution in [0.5, 0.6) is 0 Å². The number of ether oxygens (including phenoxy) is 1. The van der Waals surface area contributed by atoms with Crippen molar-refractivity contribution >= 4 is 11.8 Å². The lowest BCUT2D eigenvalue weighted by molar-refractivity contribution is 0.0378. The highest BCUT2D eigenvalue weighted by Gasteiger charge is 2.30. The van der Waals surface area contributed by atoms with Crippen molar-refractivity contribution in [2.75, 3.05) is 18.0 Å². The minimum Gasteiger partial charge on any atom is -0.459 e. The first kappa shape index (κ1) is 16.5. The second-order valence-corrected chi connectivity index (χ2v) is 6.62. The topological polar surface area (TPSA) is 60.2 Å². The molecule has 0 bridgehead atoms. The number of carbonyl (C=O) groups excluding carboxylic acids is 1. The molecule has 2 aromatic heterocycles. The number of pyridine rings is 1. The van der Waals surface area contributed by atoms with Crippen LogP contribution in [0.15, 0.2) is 37.1 Å². The van der Waals surface area contributed by atoms with Gasteiger partial charge >= 0.3 is 5.97 Å². The lowest BCUT2D eigenvalue weighted by Gasteiger charge is -2.38. The van der Waals surface area contributed by atoms with Crippen LogP contribution in [0, 0.1) is 5.92 Å². The quantitative estimate of drug-likeness (QED) is 0.808. The van der Waals surface area contributed by atoms with Crippen LogP contribution in [-0.2, 0) is 4.74 Å². The second kappa shape index (κ2) is 7.03. The molecule has 0 radical (unpaired) electrons. The standard InChI is InChI=1S/C18H24N4O2/c1-13(2)24-18(23)15-5-4-7-20-17(15)21-9-6-14(3)16(11-21)22-10-8-19-12-22/h4-5,7-8,10,12-14,16H,6,9,11H2,1-3H3/t14-,16-/m0/s1. The predicted octanol–water partition coefficient (Wildman–Crippen LogP) is 2.93. The predicted molar refractivity (Wildman–Crippen MR) is 92.0 cm³/mol. The molecule has 1 aliphatic heterocycles. The lowest BCUT2D eigenvalue weighted by atomic mass is 9.93. The second-order valence-electron chi connectivity index (χ2n) is 6.62. The highest BCUT2D eigenvalue weighted by atomic mass is 16.5. The van der Waals surface area contributed by atoms with Crippen LogP contribution in [0.4, 0.5) is 5.82 Å². The number of hydrogen-bond donors (Lipinski definition) is 0. The molecule has 0 saturated carbocycles. The summed E-state index contributed by atoms with van der Waals surface area (Å²) in [5, 5.41) is 0. The van der Waals surface area contributed by atoms with Crippen LogP contribution in [0.3, 0.4) is 0 Å². The Labute approximate surface area is 142 Å². The maximum Gasteiger partial charge on any atom is 0.342 e. The molecule has 1 fully saturated rings. The normalized spacial score (nSPS) is 21.1. The van der Waals surface area contributed by atoms with Crippen LogP contribution >= 0.6 is 0 Å². The molecule has 0 N–H and O–H groups in total. The highest BCUT2D eigenvalue weighted by Crippen LogP contribution is 2.31. The summed E-state index contributed by atoms with van der Waals surface area (Å²) in [6.45, 7) is 7.65. The van der Waals surface area contributed by atoms with Gasteiger partial charge in [0.25, 0.3) is 0 Å². The molecule has 0 unspecified atom stereocenters. The molecule has 6 nitrogen and oxygen atoms in total. The van der Waals surface area contributed by atoms with Gasteiger partial charge in [0.2, 0.25) is 0 Å². The van der Waals surface area contributed by atoms with Gasteiger partial charge in [0.1, 0.15) is 11.4 Å². The Morgan fingerprint density at radius 3 is 2.92 bits per heavy atom. The molecule has 6 heteroatoms. The molecule has 128 valence electrons. The van der Waals surface area contributed by atoms with Gasteiger partial charge in [-0.1, -0.05) is 6.92 Å². The zero-order chi connectivity index (χ0) is 17.1. The number of anilines is 1. The van der Waals surface area contributed by atoms with E-state index in [0.29, 0.717) is 23.3 Å². The van der Waals surface area contributed by atoms with Gasteiger partial charge in [0.15, 0.2) is 0 Å². The van der Waals surface area contributed by atoms with E-state index in [0.717, 1.165) is 19.5 Å². The number of carbonyl (C=O) groups is 1. The molecule has 24 heavy (non-hydrogen) atoms. The van der Waals surface area contributed by atoms with Gasteiger partial charge < -0.3 is 14.2 Å². The van der Waals surface area contributed by atoms with E-state index in [1.54, 1.807) is 24.5 Å². The van der Waals surface area contributed by atoms with Gasteiger partial charge in [0.05, 0.1) is 18.5 Å². The van der Waals surface area contributed by atoms with E-state index in [2.05, 4.69) is 26.4 Å². The zero-order valence-corrected chi connectivity index (χ0v) is 14.4. The fourth-order valence-corrected chi connectivity index (χ4v) is 3.18. The first-order chi connectivity index (χ1) is 11.6. The maximum absolute atomic E-state index is 12.4. The van der Waals surface area contributed by atoms with Crippen molar-refractivity contribution in [3.63, 3.8) is 0 Å². The van der Waals surface area contributed by atoms with Gasteiger partial charge in [-0.25, -0.2) is 14.8 Å². The molecule has 2 atom stereocenters. The summed E-state index contributed by atoms with van der Waals surface area (Å²) in [6, 6.07) is 3.88. The van der Waals surface area contributed by atoms with E-state index in [9.17, 15) is 4.79 Å². The molecule has 1 saturated heterocycles. The molecular weight excluding hydrogens is 304 g/mol. The van der Waals surface area contributed by atoms with Crippen molar-refractivity contribution in [2.24, 2.45) is 5.92 Å². The van der Waals surface area contributed by atoms with Gasteiger partial charge in [-0.15, -0.1) is 0 Å². The number of aromatic nitrogens is 3. The molecule has 0 spiro atoms. The maximum atomic E-state index is 12.4. The fraction of sp³-hybridized carbons (Fsp3) is 0.500. The van der Waals surface area contributed by atoms with E-state index >= 15 is 0 Å². The largest absolute Gasteiger partial charge is 0.459 e. The average Bonchev–Trinajstić information content (AvgIpc) is 3.09. The molecule has 3 heterocycles. The summed E-state index contributed by atoms with van der Waals surface area (Å²) in [6.07, 6.45) is 8.28. The SMILES string of the molecule is CC(C)OC(=O)c1cccnc1N1CC[C@H](C)[C@@H](n2ccnc2)C1. The molecule has 2 aromatic rings. The first-order valence-corrected chi connectivity index (χ1v) is 8.44. The first-order valence-electron chi connectivity index (χ1n) is 8.44. The van der Waals surface area contributed by atoms with Crippen LogP contribution in [-0.4, -0.2) is 39.7 Å². The minimum absolute atomic E-state index is 0.148. The Morgan fingerprint density at radius 1 is 1.38 bits per heavy atom. The Morgan fingerprint density at radius 2 is 2.21 bits per heavy atom.